The van der Waals surface area contributed by atoms with Gasteiger partial charge in [-0.15, -0.1) is 0 Å². The van der Waals surface area contributed by atoms with Gasteiger partial charge >= 0.3 is 0 Å². The Bertz CT molecular complexity index is 923. The van der Waals surface area contributed by atoms with Crippen LogP contribution in [0.3, 0.4) is 0 Å². The molecule has 0 atom stereocenters. The number of primary sulfonamides is 1. The third kappa shape index (κ3) is 2.61. The first-order valence-electron chi connectivity index (χ1n) is 6.18. The SMILES string of the molecule is NS(=O)(=O)c1ccccc1N=C1C(=O)Nc2ccc(Cl)cc21. The van der Waals surface area contributed by atoms with Gasteiger partial charge in [0, 0.05) is 10.6 Å². The van der Waals surface area contributed by atoms with Crippen LogP contribution >= 0.6 is 11.6 Å². The fourth-order valence-electron chi connectivity index (χ4n) is 2.15. The Hall–Kier alpha value is -2.22. The topological polar surface area (TPSA) is 102 Å². The number of sulfonamides is 1. The van der Waals surface area contributed by atoms with Crippen molar-refractivity contribution in [3.63, 3.8) is 0 Å². The van der Waals surface area contributed by atoms with Crippen molar-refractivity contribution in [3.8, 4) is 0 Å². The van der Waals surface area contributed by atoms with Crippen LogP contribution in [0, 0.1) is 0 Å². The molecule has 3 rings (SSSR count). The van der Waals surface area contributed by atoms with Crippen molar-refractivity contribution >= 4 is 44.6 Å². The molecule has 0 saturated heterocycles. The van der Waals surface area contributed by atoms with Gasteiger partial charge in [0.15, 0.2) is 0 Å². The fraction of sp³-hybridized carbons (Fsp3) is 0. The molecule has 1 heterocycles. The summed E-state index contributed by atoms with van der Waals surface area (Å²) in [5.74, 6) is -0.429. The number of hydrogen-bond acceptors (Lipinski definition) is 4. The molecule has 0 spiro atoms. The molecule has 1 aliphatic rings. The zero-order chi connectivity index (χ0) is 15.9. The van der Waals surface area contributed by atoms with E-state index in [4.69, 9.17) is 16.7 Å². The number of rotatable bonds is 2. The van der Waals surface area contributed by atoms with Crippen LogP contribution in [0.15, 0.2) is 52.4 Å². The van der Waals surface area contributed by atoms with Crippen LogP contribution in [0.4, 0.5) is 11.4 Å². The van der Waals surface area contributed by atoms with Crippen molar-refractivity contribution in [1.82, 2.24) is 0 Å². The minimum Gasteiger partial charge on any atom is -0.320 e. The summed E-state index contributed by atoms with van der Waals surface area (Å²) < 4.78 is 23.2. The number of nitrogens with one attached hydrogen (secondary N) is 1. The highest BCUT2D eigenvalue weighted by Gasteiger charge is 2.27. The lowest BCUT2D eigenvalue weighted by atomic mass is 10.1. The largest absolute Gasteiger partial charge is 0.320 e. The summed E-state index contributed by atoms with van der Waals surface area (Å²) in [6, 6.07) is 10.8. The number of aliphatic imine (C=N–C) groups is 1. The van der Waals surface area contributed by atoms with Crippen LogP contribution in [0.5, 0.6) is 0 Å². The van der Waals surface area contributed by atoms with Gasteiger partial charge in [0.05, 0.1) is 11.4 Å². The molecule has 2 aromatic carbocycles. The lowest BCUT2D eigenvalue weighted by Gasteiger charge is -2.04. The monoisotopic (exact) mass is 335 g/mol. The van der Waals surface area contributed by atoms with Crippen molar-refractivity contribution in [2.24, 2.45) is 10.1 Å². The second kappa shape index (κ2) is 5.20. The number of amides is 1. The van der Waals surface area contributed by atoms with Crippen molar-refractivity contribution in [1.29, 1.82) is 0 Å². The second-order valence-electron chi connectivity index (χ2n) is 4.62. The molecule has 3 N–H and O–H groups in total. The Morgan fingerprint density at radius 3 is 2.59 bits per heavy atom. The molecule has 0 bridgehead atoms. The molecular formula is C14H10ClN3O3S. The molecular weight excluding hydrogens is 326 g/mol. The first-order valence-corrected chi connectivity index (χ1v) is 8.10. The number of nitrogens with two attached hydrogens (primary N) is 1. The van der Waals surface area contributed by atoms with E-state index in [0.29, 0.717) is 16.3 Å². The number of nitrogens with zero attached hydrogens (tertiary/aromatic N) is 1. The molecule has 0 radical (unpaired) electrons. The zero-order valence-corrected chi connectivity index (χ0v) is 12.6. The molecule has 1 aliphatic heterocycles. The van der Waals surface area contributed by atoms with E-state index in [0.717, 1.165) is 0 Å². The Kier molecular flexibility index (Phi) is 3.48. The fourth-order valence-corrected chi connectivity index (χ4v) is 2.99. The zero-order valence-electron chi connectivity index (χ0n) is 11.1. The minimum atomic E-state index is -3.94. The number of carbonyl (C=O) groups excluding carboxylic acids is 1. The predicted molar refractivity (Wildman–Crippen MR) is 84.1 cm³/mol. The van der Waals surface area contributed by atoms with Crippen LogP contribution in [0.25, 0.3) is 0 Å². The molecule has 0 saturated carbocycles. The third-order valence-electron chi connectivity index (χ3n) is 3.10. The average Bonchev–Trinajstić information content (AvgIpc) is 2.74. The molecule has 0 aliphatic carbocycles. The molecule has 0 aromatic heterocycles. The Balaban J connectivity index is 2.20. The van der Waals surface area contributed by atoms with Gasteiger partial charge in [0.1, 0.15) is 10.6 Å². The maximum atomic E-state index is 12.0. The van der Waals surface area contributed by atoms with Gasteiger partial charge in [-0.05, 0) is 30.3 Å². The summed E-state index contributed by atoms with van der Waals surface area (Å²) >= 11 is 5.93. The molecule has 112 valence electrons. The van der Waals surface area contributed by atoms with Gasteiger partial charge in [0.2, 0.25) is 10.0 Å². The number of carbonyl (C=O) groups is 1. The normalized spacial score (nSPS) is 15.7. The summed E-state index contributed by atoms with van der Waals surface area (Å²) in [4.78, 5) is 16.1. The van der Waals surface area contributed by atoms with Crippen LogP contribution in [0.2, 0.25) is 5.02 Å². The second-order valence-corrected chi connectivity index (χ2v) is 6.58. The summed E-state index contributed by atoms with van der Waals surface area (Å²) in [7, 11) is -3.94. The molecule has 1 amide bonds. The highest BCUT2D eigenvalue weighted by atomic mass is 35.5. The summed E-state index contributed by atoms with van der Waals surface area (Å²) in [5, 5.41) is 8.26. The lowest BCUT2D eigenvalue weighted by Crippen LogP contribution is -2.15. The molecule has 6 nitrogen and oxygen atoms in total. The Morgan fingerprint density at radius 2 is 1.86 bits per heavy atom. The summed E-state index contributed by atoms with van der Waals surface area (Å²) in [6.45, 7) is 0. The lowest BCUT2D eigenvalue weighted by molar-refractivity contribution is -0.110. The quantitative estimate of drug-likeness (QED) is 0.878. The maximum absolute atomic E-state index is 12.0. The highest BCUT2D eigenvalue weighted by Crippen LogP contribution is 2.30. The van der Waals surface area contributed by atoms with Gasteiger partial charge in [-0.2, -0.15) is 0 Å². The van der Waals surface area contributed by atoms with Crippen LogP contribution in [-0.2, 0) is 14.8 Å². The van der Waals surface area contributed by atoms with Crippen LogP contribution in [0.1, 0.15) is 5.56 Å². The summed E-state index contributed by atoms with van der Waals surface area (Å²) in [5.41, 5.74) is 1.28. The van der Waals surface area contributed by atoms with Gasteiger partial charge in [0.25, 0.3) is 5.91 Å². The first-order chi connectivity index (χ1) is 10.4. The number of benzene rings is 2. The smallest absolute Gasteiger partial charge is 0.275 e. The summed E-state index contributed by atoms with van der Waals surface area (Å²) in [6.07, 6.45) is 0. The third-order valence-corrected chi connectivity index (χ3v) is 4.30. The molecule has 0 fully saturated rings. The molecule has 0 unspecified atom stereocenters. The van der Waals surface area contributed by atoms with E-state index in [1.54, 1.807) is 24.3 Å². The van der Waals surface area contributed by atoms with E-state index >= 15 is 0 Å². The van der Waals surface area contributed by atoms with Crippen LogP contribution < -0.4 is 10.5 Å². The Morgan fingerprint density at radius 1 is 1.14 bits per heavy atom. The standard InChI is InChI=1S/C14H10ClN3O3S/c15-8-5-6-10-9(7-8)13(14(19)18-10)17-11-3-1-2-4-12(11)22(16,20)21/h1-7H,(H2,16,20,21)(H,17,18,19). The minimum absolute atomic E-state index is 0.0913. The number of para-hydroxylation sites is 1. The van der Waals surface area contributed by atoms with E-state index in [9.17, 15) is 13.2 Å². The van der Waals surface area contributed by atoms with Crippen molar-refractivity contribution in [2.45, 2.75) is 4.90 Å². The van der Waals surface area contributed by atoms with Gasteiger partial charge < -0.3 is 5.32 Å². The van der Waals surface area contributed by atoms with E-state index in [-0.39, 0.29) is 16.3 Å². The van der Waals surface area contributed by atoms with E-state index in [2.05, 4.69) is 10.3 Å². The van der Waals surface area contributed by atoms with Crippen molar-refractivity contribution < 1.29 is 13.2 Å². The number of fused-ring (bicyclic) bond motifs is 1. The van der Waals surface area contributed by atoms with E-state index in [1.165, 1.54) is 18.2 Å². The Labute approximate surface area is 131 Å². The molecule has 2 aromatic rings. The van der Waals surface area contributed by atoms with Gasteiger partial charge in [-0.25, -0.2) is 18.5 Å². The average molecular weight is 336 g/mol. The predicted octanol–water partition coefficient (Wildman–Crippen LogP) is 2.06. The first kappa shape index (κ1) is 14.7. The molecule has 22 heavy (non-hydrogen) atoms. The highest BCUT2D eigenvalue weighted by molar-refractivity contribution is 7.89. The van der Waals surface area contributed by atoms with Crippen molar-refractivity contribution in [2.75, 3.05) is 5.32 Å². The number of hydrogen-bond donors (Lipinski definition) is 2. The number of anilines is 1. The van der Waals surface area contributed by atoms with Gasteiger partial charge in [-0.3, -0.25) is 4.79 Å². The van der Waals surface area contributed by atoms with E-state index in [1.807, 2.05) is 0 Å². The van der Waals surface area contributed by atoms with Gasteiger partial charge in [-0.1, -0.05) is 23.7 Å². The number of halogens is 1. The molecule has 8 heteroatoms. The maximum Gasteiger partial charge on any atom is 0.275 e. The van der Waals surface area contributed by atoms with E-state index < -0.39 is 15.9 Å². The van der Waals surface area contributed by atoms with Crippen LogP contribution in [-0.4, -0.2) is 20.0 Å². The van der Waals surface area contributed by atoms with Crippen molar-refractivity contribution in [3.05, 3.63) is 53.1 Å².